The van der Waals surface area contributed by atoms with E-state index in [1.165, 1.54) is 62.5 Å². The molecule has 5 aliphatic rings. The first-order chi connectivity index (χ1) is 28.4. The van der Waals surface area contributed by atoms with Gasteiger partial charge in [0.05, 0.1) is 31.4 Å². The van der Waals surface area contributed by atoms with E-state index in [1.807, 2.05) is 12.1 Å². The second-order valence-corrected chi connectivity index (χ2v) is 17.0. The van der Waals surface area contributed by atoms with Gasteiger partial charge in [0.15, 0.2) is 28.7 Å². The van der Waals surface area contributed by atoms with Crippen molar-refractivity contribution in [2.24, 2.45) is 29.4 Å². The molecule has 14 nitrogen and oxygen atoms in total. The van der Waals surface area contributed by atoms with Crippen LogP contribution in [0.4, 0.5) is 0 Å². The summed E-state index contributed by atoms with van der Waals surface area (Å²) in [5, 5.41) is 54.9. The standard InChI is InChI=1S/C24H29NO3.C22H24N2O8/c1-27-22-14-19-13-20(24(26)21(19)15-23(22)28-2)12-17-8-10-25(11-9-17)16-18-6-4-3-5-7-18;1-21(31)8-5-4-6-11(25)12(8)16(26)13-9(21)7-10-15(24(2)3)17(27)14(20(23)30)19(29)22(10,32)18(13)28/h3-7,14-15,17,20H,8-13,16H2,1-2H3;4-6,9-10,15,25-26,29,31-32H,7H2,1-3H3,(H2,23,30)/t;9-,10-,15-,21+,22-/m.0/s1. The molecule has 4 aliphatic carbocycles. The number of amides is 1. The third-order valence-electron chi connectivity index (χ3n) is 13.3. The van der Waals surface area contributed by atoms with E-state index in [4.69, 9.17) is 15.2 Å². The minimum Gasteiger partial charge on any atom is -0.508 e. The molecule has 1 saturated carbocycles. The van der Waals surface area contributed by atoms with Gasteiger partial charge in [-0.2, -0.15) is 0 Å². The average Bonchev–Trinajstić information content (AvgIpc) is 3.51. The van der Waals surface area contributed by atoms with Crippen molar-refractivity contribution in [2.45, 2.75) is 62.8 Å². The number of Topliss-reactive ketones (excluding diaryl/α,β-unsaturated/α-hetero) is 3. The average molecular weight is 824 g/mol. The summed E-state index contributed by atoms with van der Waals surface area (Å²) >= 11 is 0. The van der Waals surface area contributed by atoms with E-state index in [9.17, 15) is 44.7 Å². The number of fused-ring (bicyclic) bond motifs is 4. The second-order valence-electron chi connectivity index (χ2n) is 17.0. The molecule has 3 aromatic carbocycles. The van der Waals surface area contributed by atoms with E-state index in [2.05, 4.69) is 35.2 Å². The van der Waals surface area contributed by atoms with Crippen molar-refractivity contribution in [1.29, 1.82) is 0 Å². The summed E-state index contributed by atoms with van der Waals surface area (Å²) in [6, 6.07) is 17.5. The van der Waals surface area contributed by atoms with Crippen molar-refractivity contribution in [1.82, 2.24) is 9.80 Å². The number of likely N-dealkylation sites (N-methyl/N-ethyl adjacent to an activating group) is 1. The fraction of sp³-hybridized carbons (Fsp3) is 0.435. The van der Waals surface area contributed by atoms with Gasteiger partial charge in [-0.1, -0.05) is 42.5 Å². The Labute approximate surface area is 348 Å². The number of carbonyl (C=O) groups excluding carboxylic acids is 4. The van der Waals surface area contributed by atoms with Crippen LogP contribution >= 0.6 is 0 Å². The maximum Gasteiger partial charge on any atom is 0.255 e. The first kappa shape index (κ1) is 42.6. The summed E-state index contributed by atoms with van der Waals surface area (Å²) in [5.41, 5.74) is 2.76. The second kappa shape index (κ2) is 16.1. The molecule has 0 aromatic heterocycles. The van der Waals surface area contributed by atoms with Crippen molar-refractivity contribution < 1.29 is 54.2 Å². The maximum atomic E-state index is 13.7. The third kappa shape index (κ3) is 7.04. The monoisotopic (exact) mass is 823 g/mol. The summed E-state index contributed by atoms with van der Waals surface area (Å²) in [6.45, 7) is 4.67. The van der Waals surface area contributed by atoms with Crippen molar-refractivity contribution >= 4 is 29.0 Å². The SMILES string of the molecule is CN(C)[C@@H]1C(=O)C(C(N)=O)=C(O)[C@@]2(O)C(=O)C3=C(O)c4c(O)cccc4[C@@](C)(O)[C@H]3C[C@@H]12.COc1cc2c(cc1OC)C(=O)C(CC1CCN(Cc3ccccc3)CC1)C2. The molecule has 1 unspecified atom stereocenters. The predicted octanol–water partition coefficient (Wildman–Crippen LogP) is 3.99. The highest BCUT2D eigenvalue weighted by Crippen LogP contribution is 2.57. The van der Waals surface area contributed by atoms with Gasteiger partial charge in [0.2, 0.25) is 5.78 Å². The fourth-order valence-corrected chi connectivity index (χ4v) is 10.2. The van der Waals surface area contributed by atoms with E-state index >= 15 is 0 Å². The number of primary amides is 1. The number of benzene rings is 3. The molecule has 3 aromatic rings. The van der Waals surface area contributed by atoms with Gasteiger partial charge in [0, 0.05) is 35.4 Å². The van der Waals surface area contributed by atoms with Gasteiger partial charge in [-0.05, 0) is 107 Å². The highest BCUT2D eigenvalue weighted by molar-refractivity contribution is 6.24. The van der Waals surface area contributed by atoms with Gasteiger partial charge < -0.3 is 40.7 Å². The number of piperidine rings is 1. The molecule has 1 amide bonds. The number of hydrogen-bond acceptors (Lipinski definition) is 13. The van der Waals surface area contributed by atoms with E-state index in [1.54, 1.807) is 14.2 Å². The van der Waals surface area contributed by atoms with E-state index in [-0.39, 0.29) is 29.2 Å². The topological polar surface area (TPSA) is 220 Å². The van der Waals surface area contributed by atoms with E-state index < -0.39 is 75.0 Å². The summed E-state index contributed by atoms with van der Waals surface area (Å²) in [7, 11) is 6.26. The smallest absolute Gasteiger partial charge is 0.255 e. The predicted molar refractivity (Wildman–Crippen MR) is 220 cm³/mol. The molecule has 1 heterocycles. The Morgan fingerprint density at radius 1 is 0.917 bits per heavy atom. The van der Waals surface area contributed by atoms with Crippen molar-refractivity contribution in [3.63, 3.8) is 0 Å². The summed E-state index contributed by atoms with van der Waals surface area (Å²) in [5.74, 6) is -5.52. The van der Waals surface area contributed by atoms with Crippen LogP contribution in [0.3, 0.4) is 0 Å². The Bertz CT molecular complexity index is 2290. The zero-order chi connectivity index (χ0) is 43.4. The molecule has 2 fully saturated rings. The number of methoxy groups -OCH3 is 2. The Morgan fingerprint density at radius 2 is 1.57 bits per heavy atom. The minimum absolute atomic E-state index is 0.109. The fourth-order valence-electron chi connectivity index (χ4n) is 10.2. The van der Waals surface area contributed by atoms with Crippen LogP contribution in [-0.4, -0.2) is 112 Å². The van der Waals surface area contributed by atoms with Crippen LogP contribution in [0.1, 0.15) is 65.2 Å². The van der Waals surface area contributed by atoms with Gasteiger partial charge in [0.1, 0.15) is 22.8 Å². The first-order valence-electron chi connectivity index (χ1n) is 20.2. The zero-order valence-corrected chi connectivity index (χ0v) is 34.5. The molecular formula is C46H53N3O11. The van der Waals surface area contributed by atoms with Crippen LogP contribution in [0.25, 0.3) is 5.76 Å². The van der Waals surface area contributed by atoms with Gasteiger partial charge in [-0.3, -0.25) is 29.0 Å². The lowest BCUT2D eigenvalue weighted by molar-refractivity contribution is -0.159. The quantitative estimate of drug-likeness (QED) is 0.177. The third-order valence-corrected chi connectivity index (χ3v) is 13.3. The molecule has 14 heteroatoms. The van der Waals surface area contributed by atoms with Crippen LogP contribution in [0, 0.1) is 23.7 Å². The highest BCUT2D eigenvalue weighted by atomic mass is 16.5. The normalized spacial score (nSPS) is 27.8. The number of phenols is 1. The van der Waals surface area contributed by atoms with Crippen LogP contribution in [-0.2, 0) is 33.0 Å². The number of phenolic OH excluding ortho intramolecular Hbond substituents is 1. The van der Waals surface area contributed by atoms with Gasteiger partial charge in [-0.25, -0.2) is 0 Å². The number of likely N-dealkylation sites (tertiary alicyclic amines) is 1. The Hall–Kier alpha value is -5.54. The summed E-state index contributed by atoms with van der Waals surface area (Å²) < 4.78 is 10.8. The van der Waals surface area contributed by atoms with Gasteiger partial charge >= 0.3 is 0 Å². The highest BCUT2D eigenvalue weighted by Gasteiger charge is 2.66. The Balaban J connectivity index is 0.000000183. The van der Waals surface area contributed by atoms with Crippen LogP contribution in [0.2, 0.25) is 0 Å². The van der Waals surface area contributed by atoms with Crippen molar-refractivity contribution in [3.8, 4) is 17.2 Å². The lowest BCUT2D eigenvalue weighted by atomic mass is 9.54. The number of carbonyl (C=O) groups is 4. The largest absolute Gasteiger partial charge is 0.508 e. The number of hydrogen-bond donors (Lipinski definition) is 6. The Kier molecular flexibility index (Phi) is 11.5. The molecule has 8 rings (SSSR count). The van der Waals surface area contributed by atoms with Crippen molar-refractivity contribution in [2.75, 3.05) is 41.4 Å². The lowest BCUT2D eigenvalue weighted by Gasteiger charge is -2.53. The van der Waals surface area contributed by atoms with Crippen LogP contribution in [0.5, 0.6) is 17.2 Å². The molecule has 0 bridgehead atoms. The number of ether oxygens (including phenoxy) is 2. The number of rotatable bonds is 8. The molecule has 1 aliphatic heterocycles. The maximum absolute atomic E-state index is 13.7. The number of aliphatic hydroxyl groups is 4. The minimum atomic E-state index is -2.75. The van der Waals surface area contributed by atoms with Gasteiger partial charge in [-0.15, -0.1) is 0 Å². The molecule has 60 heavy (non-hydrogen) atoms. The first-order valence-corrected chi connectivity index (χ1v) is 20.2. The number of aliphatic hydroxyl groups excluding tert-OH is 2. The van der Waals surface area contributed by atoms with Crippen LogP contribution in [0.15, 0.2) is 77.6 Å². The summed E-state index contributed by atoms with van der Waals surface area (Å²) in [4.78, 5) is 55.5. The summed E-state index contributed by atoms with van der Waals surface area (Å²) in [6.07, 6.45) is 3.99. The van der Waals surface area contributed by atoms with E-state index in [0.29, 0.717) is 17.4 Å². The number of ketones is 3. The molecular weight excluding hydrogens is 771 g/mol. The number of nitrogens with zero attached hydrogens (tertiary/aromatic N) is 2. The molecule has 0 radical (unpaired) electrons. The van der Waals surface area contributed by atoms with E-state index in [0.717, 1.165) is 43.6 Å². The Morgan fingerprint density at radius 3 is 2.18 bits per heavy atom. The van der Waals surface area contributed by atoms with Crippen LogP contribution < -0.4 is 15.2 Å². The van der Waals surface area contributed by atoms with Gasteiger partial charge in [0.25, 0.3) is 5.91 Å². The molecule has 6 atom stereocenters. The molecule has 0 spiro atoms. The van der Waals surface area contributed by atoms with Crippen molar-refractivity contribution in [3.05, 3.63) is 105 Å². The zero-order valence-electron chi connectivity index (χ0n) is 34.5. The number of aromatic hydroxyl groups is 1. The molecule has 318 valence electrons. The number of nitrogens with two attached hydrogens (primary N) is 1. The molecule has 7 N–H and O–H groups in total. The molecule has 1 saturated heterocycles. The lowest BCUT2D eigenvalue weighted by Crippen LogP contribution is -2.67.